The normalized spacial score (nSPS) is 51.4. The van der Waals surface area contributed by atoms with Gasteiger partial charge < -0.3 is 15.4 Å². The molecular weight excluding hydrogens is 797 g/mol. The summed E-state index contributed by atoms with van der Waals surface area (Å²) in [5, 5.41) is 7.97. The first-order valence-electron chi connectivity index (χ1n) is 27.8. The fraction of sp³-hybridized carbons (Fsp3) is 0.900. The van der Waals surface area contributed by atoms with Crippen LogP contribution in [0.2, 0.25) is 0 Å². The molecule has 2 saturated heterocycles. The number of carbonyl (C=O) groups excluding carboxylic acids is 2. The van der Waals surface area contributed by atoms with Gasteiger partial charge in [0.1, 0.15) is 0 Å². The molecular formula is C60H96N2O3. The standard InChI is InChI=1S/C60H96N2O3/c1-49(2)27-31-59(33-29-55(11)39(41(59)37-49)17-19-45-53(9)23-15-35-61-51(5,6)43(53)21-25-57(45,55)13)47(63)65-48(64)60-32-28-50(3,4)38-42(60)40-18-20-46-54(10)24-16-36-62-52(7,8)44(54)22-26-58(46,14)56(40,12)30-34-60/h17-18,41-46,61-62H,15-16,19-38H2,1-14H3/t41-,42-,43+,44+,45-,46-,53+,54+,55-,56-,57-,58-,59+,60+/m1/s1. The zero-order chi connectivity index (χ0) is 46.9. The van der Waals surface area contributed by atoms with Crippen LogP contribution in [0.25, 0.3) is 0 Å². The van der Waals surface area contributed by atoms with Crippen molar-refractivity contribution in [3.63, 3.8) is 0 Å². The van der Waals surface area contributed by atoms with Crippen LogP contribution in [0.5, 0.6) is 0 Å². The molecule has 5 nitrogen and oxygen atoms in total. The van der Waals surface area contributed by atoms with Crippen molar-refractivity contribution in [1.82, 2.24) is 10.6 Å². The van der Waals surface area contributed by atoms with Crippen molar-refractivity contribution in [1.29, 1.82) is 0 Å². The molecule has 10 aliphatic rings. The van der Waals surface area contributed by atoms with Crippen molar-refractivity contribution in [3.8, 4) is 0 Å². The molecule has 0 bridgehead atoms. The Hall–Kier alpha value is -1.46. The second-order valence-electron chi connectivity index (χ2n) is 29.9. The first-order valence-corrected chi connectivity index (χ1v) is 27.8. The van der Waals surface area contributed by atoms with Crippen LogP contribution in [-0.4, -0.2) is 36.1 Å². The molecule has 5 heteroatoms. The molecule has 0 aromatic rings. The van der Waals surface area contributed by atoms with E-state index in [4.69, 9.17) is 4.74 Å². The Labute approximate surface area is 397 Å². The van der Waals surface area contributed by atoms with Crippen molar-refractivity contribution in [2.75, 3.05) is 13.1 Å². The van der Waals surface area contributed by atoms with Gasteiger partial charge in [0.2, 0.25) is 0 Å². The van der Waals surface area contributed by atoms with Crippen LogP contribution in [0.4, 0.5) is 0 Å². The summed E-state index contributed by atoms with van der Waals surface area (Å²) in [5.41, 5.74) is 3.44. The van der Waals surface area contributed by atoms with E-state index in [2.05, 4.69) is 120 Å². The SMILES string of the molecule is CC1(C)CC[C@]2(C(=O)OC(=O)[C@]34CCC(C)(C)C[C@@H]3C3=CC[C@@H]5[C@@]6(C)CCCNC(C)(C)[C@@H]6CC[C@@]5(C)[C@]3(C)CC4)CC[C@]3(C)C(=CC[C@@H]4[C@@]5(C)CCCNC(C)(C)[C@@H]5CC[C@]43C)[C@H]2C1. The third-order valence-corrected chi connectivity index (χ3v) is 25.5. The molecule has 0 spiro atoms. The van der Waals surface area contributed by atoms with E-state index in [1.54, 1.807) is 11.1 Å². The molecule has 8 fully saturated rings. The number of nitrogens with one attached hydrogen (secondary N) is 2. The monoisotopic (exact) mass is 893 g/mol. The van der Waals surface area contributed by atoms with Gasteiger partial charge in [-0.3, -0.25) is 9.59 Å². The average Bonchev–Trinajstić information content (AvgIpc) is 3.41. The van der Waals surface area contributed by atoms with Crippen LogP contribution in [-0.2, 0) is 14.3 Å². The minimum Gasteiger partial charge on any atom is -0.392 e. The molecule has 2 aliphatic heterocycles. The van der Waals surface area contributed by atoms with Crippen LogP contribution in [0.1, 0.15) is 225 Å². The van der Waals surface area contributed by atoms with Crippen molar-refractivity contribution < 1.29 is 14.3 Å². The Morgan fingerprint density at radius 1 is 0.477 bits per heavy atom. The molecule has 0 aromatic carbocycles. The van der Waals surface area contributed by atoms with Gasteiger partial charge in [-0.2, -0.15) is 0 Å². The lowest BCUT2D eigenvalue weighted by atomic mass is 9.35. The number of hydrogen-bond acceptors (Lipinski definition) is 5. The van der Waals surface area contributed by atoms with Gasteiger partial charge in [-0.15, -0.1) is 0 Å². The molecule has 65 heavy (non-hydrogen) atoms. The third kappa shape index (κ3) is 6.31. The van der Waals surface area contributed by atoms with Gasteiger partial charge in [-0.05, 0) is 248 Å². The van der Waals surface area contributed by atoms with Crippen molar-refractivity contribution in [3.05, 3.63) is 23.3 Å². The quantitative estimate of drug-likeness (QED) is 0.164. The summed E-state index contributed by atoms with van der Waals surface area (Å²) < 4.78 is 6.78. The van der Waals surface area contributed by atoms with Gasteiger partial charge in [0.05, 0.1) is 10.8 Å². The van der Waals surface area contributed by atoms with E-state index in [-0.39, 0.29) is 78.2 Å². The number of fused-ring (bicyclic) bond motifs is 14. The van der Waals surface area contributed by atoms with E-state index in [0.29, 0.717) is 23.7 Å². The largest absolute Gasteiger partial charge is 0.392 e. The van der Waals surface area contributed by atoms with Gasteiger partial charge in [0.15, 0.2) is 0 Å². The minimum atomic E-state index is -0.626. The van der Waals surface area contributed by atoms with Crippen LogP contribution >= 0.6 is 0 Å². The molecule has 0 aromatic heterocycles. The van der Waals surface area contributed by atoms with Gasteiger partial charge in [0, 0.05) is 11.1 Å². The van der Waals surface area contributed by atoms with E-state index in [1.807, 2.05) is 0 Å². The summed E-state index contributed by atoms with van der Waals surface area (Å²) in [7, 11) is 0. The van der Waals surface area contributed by atoms with E-state index in [9.17, 15) is 0 Å². The fourth-order valence-corrected chi connectivity index (χ4v) is 21.3. The molecule has 364 valence electrons. The summed E-state index contributed by atoms with van der Waals surface area (Å²) in [4.78, 5) is 31.3. The van der Waals surface area contributed by atoms with E-state index >= 15 is 9.59 Å². The maximum absolute atomic E-state index is 15.6. The summed E-state index contributed by atoms with van der Waals surface area (Å²) >= 11 is 0. The predicted octanol–water partition coefficient (Wildman–Crippen LogP) is 14.3. The molecule has 8 aliphatic carbocycles. The Morgan fingerprint density at radius 3 is 1.23 bits per heavy atom. The summed E-state index contributed by atoms with van der Waals surface area (Å²) in [6.45, 7) is 37.9. The number of rotatable bonds is 2. The molecule has 0 amide bonds. The van der Waals surface area contributed by atoms with Crippen molar-refractivity contribution in [2.24, 2.45) is 89.7 Å². The van der Waals surface area contributed by atoms with E-state index in [1.165, 1.54) is 51.4 Å². The molecule has 14 atom stereocenters. The highest BCUT2D eigenvalue weighted by atomic mass is 16.6. The highest BCUT2D eigenvalue weighted by Gasteiger charge is 2.71. The second kappa shape index (κ2) is 14.6. The molecule has 2 heterocycles. The van der Waals surface area contributed by atoms with Gasteiger partial charge in [-0.25, -0.2) is 0 Å². The van der Waals surface area contributed by atoms with Gasteiger partial charge in [0.25, 0.3) is 0 Å². The second-order valence-corrected chi connectivity index (χ2v) is 29.9. The topological polar surface area (TPSA) is 67.4 Å². The van der Waals surface area contributed by atoms with E-state index in [0.717, 1.165) is 90.1 Å². The lowest BCUT2D eigenvalue weighted by Gasteiger charge is -2.70. The molecule has 2 N–H and O–H groups in total. The summed E-state index contributed by atoms with van der Waals surface area (Å²) in [6, 6.07) is 0. The Morgan fingerprint density at radius 2 is 0.846 bits per heavy atom. The van der Waals surface area contributed by atoms with Crippen LogP contribution in [0.3, 0.4) is 0 Å². The lowest BCUT2D eigenvalue weighted by molar-refractivity contribution is -0.196. The first kappa shape index (κ1) is 47.2. The Balaban J connectivity index is 0.974. The van der Waals surface area contributed by atoms with Crippen molar-refractivity contribution in [2.45, 2.75) is 236 Å². The minimum absolute atomic E-state index is 0.0346. The number of hydrogen-bond donors (Lipinski definition) is 2. The zero-order valence-electron chi connectivity index (χ0n) is 44.4. The first-order chi connectivity index (χ1) is 30.1. The average molecular weight is 893 g/mol. The highest BCUT2D eigenvalue weighted by Crippen LogP contribution is 2.77. The number of esters is 2. The van der Waals surface area contributed by atoms with Crippen LogP contribution < -0.4 is 10.6 Å². The number of carbonyl (C=O) groups is 2. The fourth-order valence-electron chi connectivity index (χ4n) is 21.3. The van der Waals surface area contributed by atoms with Crippen molar-refractivity contribution >= 4 is 11.9 Å². The third-order valence-electron chi connectivity index (χ3n) is 25.5. The van der Waals surface area contributed by atoms with E-state index < -0.39 is 10.8 Å². The Bertz CT molecular complexity index is 1900. The molecule has 0 unspecified atom stereocenters. The molecule has 0 radical (unpaired) electrons. The number of ether oxygens (including phenoxy) is 1. The summed E-state index contributed by atoms with van der Waals surface area (Å²) in [6.07, 6.45) is 27.3. The predicted molar refractivity (Wildman–Crippen MR) is 266 cm³/mol. The van der Waals surface area contributed by atoms with Gasteiger partial charge >= 0.3 is 11.9 Å². The van der Waals surface area contributed by atoms with Gasteiger partial charge in [-0.1, -0.05) is 92.5 Å². The highest BCUT2D eigenvalue weighted by molar-refractivity contribution is 5.93. The smallest absolute Gasteiger partial charge is 0.320 e. The lowest BCUT2D eigenvalue weighted by Crippen LogP contribution is -2.65. The number of allylic oxidation sites excluding steroid dienone is 4. The van der Waals surface area contributed by atoms with Crippen LogP contribution in [0, 0.1) is 89.7 Å². The Kier molecular flexibility index (Phi) is 10.6. The molecule has 6 saturated carbocycles. The maximum atomic E-state index is 15.6. The zero-order valence-corrected chi connectivity index (χ0v) is 44.4. The summed E-state index contributed by atoms with van der Waals surface area (Å²) in [5.74, 6) is 2.54. The maximum Gasteiger partial charge on any atom is 0.320 e. The van der Waals surface area contributed by atoms with Crippen LogP contribution in [0.15, 0.2) is 23.3 Å². The molecule has 10 rings (SSSR count).